The fourth-order valence-electron chi connectivity index (χ4n) is 3.26. The Morgan fingerprint density at radius 1 is 1.19 bits per heavy atom. The van der Waals surface area contributed by atoms with Crippen molar-refractivity contribution in [2.45, 2.75) is 33.6 Å². The number of ether oxygens (including phenoxy) is 1. The second kappa shape index (κ2) is 8.48. The highest BCUT2D eigenvalue weighted by molar-refractivity contribution is 6.30. The van der Waals surface area contributed by atoms with E-state index in [1.165, 1.54) is 0 Å². The molecule has 1 N–H and O–H groups in total. The highest BCUT2D eigenvalue weighted by Gasteiger charge is 2.18. The fraction of sp³-hybridized carbons (Fsp3) is 0.400. The van der Waals surface area contributed by atoms with Crippen LogP contribution in [0.1, 0.15) is 32.3 Å². The first-order chi connectivity index (χ1) is 13.1. The predicted molar refractivity (Wildman–Crippen MR) is 112 cm³/mol. The lowest BCUT2D eigenvalue weighted by Crippen LogP contribution is -2.28. The molecule has 144 valence electrons. The van der Waals surface area contributed by atoms with Gasteiger partial charge in [0.2, 0.25) is 0 Å². The van der Waals surface area contributed by atoms with Gasteiger partial charge in [0.15, 0.2) is 5.65 Å². The van der Waals surface area contributed by atoms with Gasteiger partial charge in [0, 0.05) is 35.8 Å². The summed E-state index contributed by atoms with van der Waals surface area (Å²) in [6, 6.07) is 7.44. The van der Waals surface area contributed by atoms with Crippen LogP contribution in [0.3, 0.4) is 0 Å². The Kier molecular flexibility index (Phi) is 6.06. The van der Waals surface area contributed by atoms with E-state index in [0.29, 0.717) is 10.8 Å². The van der Waals surface area contributed by atoms with E-state index >= 15 is 0 Å². The van der Waals surface area contributed by atoms with Crippen molar-refractivity contribution < 1.29 is 4.74 Å². The number of aromatic nitrogens is 3. The number of anilines is 3. The molecule has 0 saturated heterocycles. The first-order valence-electron chi connectivity index (χ1n) is 9.28. The summed E-state index contributed by atoms with van der Waals surface area (Å²) in [7, 11) is 1.63. The number of nitrogens with one attached hydrogen (secondary N) is 1. The molecule has 0 fully saturated rings. The smallest absolute Gasteiger partial charge is 0.159 e. The van der Waals surface area contributed by atoms with Crippen molar-refractivity contribution in [3.63, 3.8) is 0 Å². The summed E-state index contributed by atoms with van der Waals surface area (Å²) < 4.78 is 7.38. The van der Waals surface area contributed by atoms with Crippen LogP contribution in [-0.4, -0.2) is 34.8 Å². The van der Waals surface area contributed by atoms with Gasteiger partial charge in [-0.05, 0) is 31.9 Å². The van der Waals surface area contributed by atoms with Crippen LogP contribution in [0.5, 0.6) is 5.75 Å². The molecule has 0 aliphatic heterocycles. The number of nitrogens with zero attached hydrogens (tertiary/aromatic N) is 4. The van der Waals surface area contributed by atoms with Crippen molar-refractivity contribution in [3.05, 3.63) is 41.0 Å². The maximum absolute atomic E-state index is 6.09. The highest BCUT2D eigenvalue weighted by atomic mass is 35.5. The summed E-state index contributed by atoms with van der Waals surface area (Å²) >= 11 is 6.09. The second-order valence-electron chi connectivity index (χ2n) is 6.47. The Morgan fingerprint density at radius 3 is 2.59 bits per heavy atom. The molecule has 7 heteroatoms. The van der Waals surface area contributed by atoms with Crippen molar-refractivity contribution in [3.8, 4) is 5.75 Å². The van der Waals surface area contributed by atoms with Crippen LogP contribution in [0, 0.1) is 6.92 Å². The SMILES string of the molecule is CCCN(CCC)c1c(C)c(Nc2ccc(Cl)cc2OC)nc2ccnn12. The average Bonchev–Trinajstić information content (AvgIpc) is 3.11. The number of fused-ring (bicyclic) bond motifs is 1. The lowest BCUT2D eigenvalue weighted by molar-refractivity contribution is 0.417. The van der Waals surface area contributed by atoms with E-state index < -0.39 is 0 Å². The zero-order valence-corrected chi connectivity index (χ0v) is 17.0. The molecule has 0 amide bonds. The van der Waals surface area contributed by atoms with Gasteiger partial charge in [0.05, 0.1) is 19.0 Å². The van der Waals surface area contributed by atoms with Crippen LogP contribution < -0.4 is 15.0 Å². The Balaban J connectivity index is 2.10. The second-order valence-corrected chi connectivity index (χ2v) is 6.90. The molecule has 27 heavy (non-hydrogen) atoms. The minimum absolute atomic E-state index is 0.631. The number of rotatable bonds is 8. The molecule has 3 rings (SSSR count). The first-order valence-corrected chi connectivity index (χ1v) is 9.66. The largest absolute Gasteiger partial charge is 0.495 e. The third kappa shape index (κ3) is 3.95. The van der Waals surface area contributed by atoms with Crippen molar-refractivity contribution in [1.29, 1.82) is 0 Å². The molecular weight excluding hydrogens is 362 g/mol. The van der Waals surface area contributed by atoms with E-state index in [2.05, 4.69) is 36.1 Å². The van der Waals surface area contributed by atoms with Crippen LogP contribution in [-0.2, 0) is 0 Å². The summed E-state index contributed by atoms with van der Waals surface area (Å²) in [5.74, 6) is 2.54. The lowest BCUT2D eigenvalue weighted by Gasteiger charge is -2.27. The lowest BCUT2D eigenvalue weighted by atomic mass is 10.2. The van der Waals surface area contributed by atoms with Crippen molar-refractivity contribution in [1.82, 2.24) is 14.6 Å². The minimum atomic E-state index is 0.631. The molecular formula is C20H26ClN5O. The Hall–Kier alpha value is -2.47. The summed E-state index contributed by atoms with van der Waals surface area (Å²) in [6.45, 7) is 8.40. The molecule has 6 nitrogen and oxygen atoms in total. The molecule has 2 heterocycles. The van der Waals surface area contributed by atoms with Crippen molar-refractivity contribution >= 4 is 34.6 Å². The number of hydrogen-bond acceptors (Lipinski definition) is 5. The fourth-order valence-corrected chi connectivity index (χ4v) is 3.42. The molecule has 0 spiro atoms. The van der Waals surface area contributed by atoms with E-state index in [-0.39, 0.29) is 0 Å². The molecule has 0 aliphatic carbocycles. The van der Waals surface area contributed by atoms with Crippen LogP contribution in [0.2, 0.25) is 5.02 Å². The normalized spacial score (nSPS) is 11.0. The Bertz CT molecular complexity index is 918. The third-order valence-electron chi connectivity index (χ3n) is 4.44. The third-order valence-corrected chi connectivity index (χ3v) is 4.68. The van der Waals surface area contributed by atoms with Gasteiger partial charge >= 0.3 is 0 Å². The maximum Gasteiger partial charge on any atom is 0.159 e. The van der Waals surface area contributed by atoms with Crippen LogP contribution in [0.4, 0.5) is 17.3 Å². The van der Waals surface area contributed by atoms with Crippen LogP contribution in [0.25, 0.3) is 5.65 Å². The van der Waals surface area contributed by atoms with Gasteiger partial charge < -0.3 is 15.0 Å². The van der Waals surface area contributed by atoms with Gasteiger partial charge in [-0.3, -0.25) is 0 Å². The molecule has 0 aliphatic rings. The van der Waals surface area contributed by atoms with Crippen LogP contribution in [0.15, 0.2) is 30.5 Å². The summed E-state index contributed by atoms with van der Waals surface area (Å²) in [4.78, 5) is 7.14. The number of halogens is 1. The highest BCUT2D eigenvalue weighted by Crippen LogP contribution is 2.33. The average molecular weight is 388 g/mol. The number of benzene rings is 1. The number of methoxy groups -OCH3 is 1. The molecule has 0 radical (unpaired) electrons. The molecule has 0 unspecified atom stereocenters. The maximum atomic E-state index is 6.09. The molecule has 0 saturated carbocycles. The number of hydrogen-bond donors (Lipinski definition) is 1. The van der Waals surface area contributed by atoms with E-state index in [0.717, 1.165) is 54.5 Å². The molecule has 1 aromatic carbocycles. The van der Waals surface area contributed by atoms with Gasteiger partial charge in [-0.25, -0.2) is 4.98 Å². The van der Waals surface area contributed by atoms with Crippen molar-refractivity contribution in [2.24, 2.45) is 0 Å². The predicted octanol–water partition coefficient (Wildman–Crippen LogP) is 5.07. The van der Waals surface area contributed by atoms with Crippen LogP contribution >= 0.6 is 11.6 Å². The van der Waals surface area contributed by atoms with Gasteiger partial charge in [-0.2, -0.15) is 9.61 Å². The topological polar surface area (TPSA) is 54.7 Å². The monoisotopic (exact) mass is 387 g/mol. The van der Waals surface area contributed by atoms with E-state index in [9.17, 15) is 0 Å². The standard InChI is InChI=1S/C20H26ClN5O/c1-5-11-25(12-6-2)20-14(3)19(24-18-9-10-22-26(18)20)23-16-8-7-15(21)13-17(16)27-4/h7-10,13H,5-6,11-12H2,1-4H3,(H,23,24). The zero-order chi connectivity index (χ0) is 19.4. The molecule has 3 aromatic rings. The quantitative estimate of drug-likeness (QED) is 0.584. The summed E-state index contributed by atoms with van der Waals surface area (Å²) in [5, 5.41) is 8.55. The first kappa shape index (κ1) is 19.3. The van der Waals surface area contributed by atoms with E-state index in [4.69, 9.17) is 21.3 Å². The van der Waals surface area contributed by atoms with Gasteiger partial charge in [-0.15, -0.1) is 0 Å². The Morgan fingerprint density at radius 2 is 1.93 bits per heavy atom. The summed E-state index contributed by atoms with van der Waals surface area (Å²) in [5.41, 5.74) is 2.68. The zero-order valence-electron chi connectivity index (χ0n) is 16.3. The van der Waals surface area contributed by atoms with E-state index in [1.54, 1.807) is 19.4 Å². The van der Waals surface area contributed by atoms with Gasteiger partial charge in [0.25, 0.3) is 0 Å². The molecule has 0 bridgehead atoms. The van der Waals surface area contributed by atoms with Crippen molar-refractivity contribution in [2.75, 3.05) is 30.4 Å². The molecule has 2 aromatic heterocycles. The van der Waals surface area contributed by atoms with Gasteiger partial charge in [0.1, 0.15) is 17.4 Å². The van der Waals surface area contributed by atoms with Gasteiger partial charge in [-0.1, -0.05) is 25.4 Å². The van der Waals surface area contributed by atoms with E-state index in [1.807, 2.05) is 22.7 Å². The molecule has 0 atom stereocenters. The minimum Gasteiger partial charge on any atom is -0.495 e. The Labute approximate surface area is 165 Å². The summed E-state index contributed by atoms with van der Waals surface area (Å²) in [6.07, 6.45) is 3.92.